The first-order chi connectivity index (χ1) is 11.1. The molecule has 0 radical (unpaired) electrons. The molecule has 0 aliphatic carbocycles. The third-order valence-corrected chi connectivity index (χ3v) is 3.87. The summed E-state index contributed by atoms with van der Waals surface area (Å²) in [6.07, 6.45) is 7.77. The Balaban J connectivity index is 1.78. The number of carbonyl (C=O) groups is 1. The van der Waals surface area contributed by atoms with Crippen molar-refractivity contribution in [1.82, 2.24) is 19.9 Å². The lowest BCUT2D eigenvalue weighted by molar-refractivity contribution is 0.0795. The molecule has 0 saturated carbocycles. The van der Waals surface area contributed by atoms with Crippen LogP contribution < -0.4 is 0 Å². The first-order valence-electron chi connectivity index (χ1n) is 7.51. The first kappa shape index (κ1) is 15.1. The van der Waals surface area contributed by atoms with Crippen LogP contribution in [0.1, 0.15) is 21.6 Å². The number of aryl methyl sites for hydroxylation is 1. The summed E-state index contributed by atoms with van der Waals surface area (Å²) in [5, 5.41) is 0.879. The Morgan fingerprint density at radius 2 is 1.87 bits per heavy atom. The standard InChI is InChI=1S/C18H18N4O/c1-13-16(11-15-12-20-9-5-17(15)21-13)18(23)22(2)10-6-14-3-7-19-8-4-14/h3-5,7-9,11-12H,6,10H2,1-2H3. The molecule has 0 atom stereocenters. The van der Waals surface area contributed by atoms with Crippen LogP contribution in [0.3, 0.4) is 0 Å². The van der Waals surface area contributed by atoms with Crippen LogP contribution in [0.2, 0.25) is 0 Å². The summed E-state index contributed by atoms with van der Waals surface area (Å²) in [5.74, 6) is -0.0187. The molecule has 0 aromatic carbocycles. The maximum atomic E-state index is 12.7. The van der Waals surface area contributed by atoms with Crippen LogP contribution >= 0.6 is 0 Å². The largest absolute Gasteiger partial charge is 0.341 e. The minimum absolute atomic E-state index is 0.0187. The molecule has 5 nitrogen and oxygen atoms in total. The highest BCUT2D eigenvalue weighted by Crippen LogP contribution is 2.16. The van der Waals surface area contributed by atoms with Gasteiger partial charge in [-0.2, -0.15) is 0 Å². The number of carbonyl (C=O) groups excluding carboxylic acids is 1. The highest BCUT2D eigenvalue weighted by Gasteiger charge is 2.16. The van der Waals surface area contributed by atoms with Gasteiger partial charge in [0.05, 0.1) is 16.8 Å². The summed E-state index contributed by atoms with van der Waals surface area (Å²) in [4.78, 5) is 27.0. The van der Waals surface area contributed by atoms with Crippen LogP contribution in [0.15, 0.2) is 49.1 Å². The Hall–Kier alpha value is -2.82. The van der Waals surface area contributed by atoms with Gasteiger partial charge in [0.1, 0.15) is 0 Å². The molecule has 0 saturated heterocycles. The van der Waals surface area contributed by atoms with Gasteiger partial charge in [0.25, 0.3) is 5.91 Å². The van der Waals surface area contributed by atoms with E-state index in [1.54, 1.807) is 29.7 Å². The molecule has 23 heavy (non-hydrogen) atoms. The number of hydrogen-bond acceptors (Lipinski definition) is 4. The molecule has 3 aromatic heterocycles. The summed E-state index contributed by atoms with van der Waals surface area (Å²) in [5.41, 5.74) is 3.39. The molecule has 116 valence electrons. The van der Waals surface area contributed by atoms with E-state index in [1.807, 2.05) is 38.2 Å². The summed E-state index contributed by atoms with van der Waals surface area (Å²) >= 11 is 0. The van der Waals surface area contributed by atoms with Crippen molar-refractivity contribution in [1.29, 1.82) is 0 Å². The van der Waals surface area contributed by atoms with Gasteiger partial charge in [0, 0.05) is 43.8 Å². The predicted molar refractivity (Wildman–Crippen MR) is 89.2 cm³/mol. The molecule has 3 aromatic rings. The summed E-state index contributed by atoms with van der Waals surface area (Å²) in [7, 11) is 1.82. The number of likely N-dealkylation sites (N-methyl/N-ethyl adjacent to an activating group) is 1. The molecular formula is C18H18N4O. The van der Waals surface area contributed by atoms with E-state index >= 15 is 0 Å². The zero-order chi connectivity index (χ0) is 16.2. The minimum atomic E-state index is -0.0187. The van der Waals surface area contributed by atoms with Crippen molar-refractivity contribution in [2.45, 2.75) is 13.3 Å². The lowest BCUT2D eigenvalue weighted by atomic mass is 10.1. The molecule has 0 N–H and O–H groups in total. The highest BCUT2D eigenvalue weighted by atomic mass is 16.2. The van der Waals surface area contributed by atoms with Gasteiger partial charge in [0.2, 0.25) is 0 Å². The number of rotatable bonds is 4. The van der Waals surface area contributed by atoms with Crippen molar-refractivity contribution in [3.05, 3.63) is 65.9 Å². The smallest absolute Gasteiger partial charge is 0.255 e. The Labute approximate surface area is 135 Å². The number of pyridine rings is 3. The Bertz CT molecular complexity index is 833. The van der Waals surface area contributed by atoms with Crippen molar-refractivity contribution in [3.8, 4) is 0 Å². The fraction of sp³-hybridized carbons (Fsp3) is 0.222. The van der Waals surface area contributed by atoms with Crippen LogP contribution in [0.5, 0.6) is 0 Å². The molecule has 3 heterocycles. The zero-order valence-electron chi connectivity index (χ0n) is 13.2. The lowest BCUT2D eigenvalue weighted by Crippen LogP contribution is -2.29. The first-order valence-corrected chi connectivity index (χ1v) is 7.51. The second kappa shape index (κ2) is 6.52. The molecule has 3 rings (SSSR count). The predicted octanol–water partition coefficient (Wildman–Crippen LogP) is 2.65. The number of hydrogen-bond donors (Lipinski definition) is 0. The Morgan fingerprint density at radius 1 is 1.13 bits per heavy atom. The fourth-order valence-corrected chi connectivity index (χ4v) is 2.48. The Kier molecular flexibility index (Phi) is 4.28. The molecule has 1 amide bonds. The molecule has 5 heteroatoms. The SMILES string of the molecule is Cc1nc2ccncc2cc1C(=O)N(C)CCc1ccncc1. The number of aromatic nitrogens is 3. The second-order valence-electron chi connectivity index (χ2n) is 5.52. The number of fused-ring (bicyclic) bond motifs is 1. The van der Waals surface area contributed by atoms with Gasteiger partial charge in [-0.05, 0) is 43.2 Å². The van der Waals surface area contributed by atoms with Crippen molar-refractivity contribution < 1.29 is 4.79 Å². The van der Waals surface area contributed by atoms with Crippen LogP contribution in [0.25, 0.3) is 10.9 Å². The van der Waals surface area contributed by atoms with Gasteiger partial charge in [-0.1, -0.05) is 0 Å². The topological polar surface area (TPSA) is 59.0 Å². The monoisotopic (exact) mass is 306 g/mol. The zero-order valence-corrected chi connectivity index (χ0v) is 13.2. The number of amides is 1. The van der Waals surface area contributed by atoms with Crippen LogP contribution in [-0.2, 0) is 6.42 Å². The maximum Gasteiger partial charge on any atom is 0.255 e. The molecule has 0 bridgehead atoms. The molecule has 0 unspecified atom stereocenters. The van der Waals surface area contributed by atoms with E-state index in [1.165, 1.54) is 0 Å². The Morgan fingerprint density at radius 3 is 2.65 bits per heavy atom. The number of nitrogens with zero attached hydrogens (tertiary/aromatic N) is 4. The van der Waals surface area contributed by atoms with Crippen molar-refractivity contribution in [2.24, 2.45) is 0 Å². The van der Waals surface area contributed by atoms with Gasteiger partial charge < -0.3 is 4.90 Å². The van der Waals surface area contributed by atoms with E-state index in [2.05, 4.69) is 15.0 Å². The van der Waals surface area contributed by atoms with Crippen molar-refractivity contribution in [3.63, 3.8) is 0 Å². The highest BCUT2D eigenvalue weighted by molar-refractivity contribution is 5.98. The summed E-state index contributed by atoms with van der Waals surface area (Å²) in [6, 6.07) is 7.65. The summed E-state index contributed by atoms with van der Waals surface area (Å²) < 4.78 is 0. The van der Waals surface area contributed by atoms with E-state index in [0.29, 0.717) is 12.1 Å². The van der Waals surface area contributed by atoms with E-state index in [-0.39, 0.29) is 5.91 Å². The summed E-state index contributed by atoms with van der Waals surface area (Å²) in [6.45, 7) is 2.51. The van der Waals surface area contributed by atoms with E-state index in [9.17, 15) is 4.79 Å². The van der Waals surface area contributed by atoms with Crippen LogP contribution in [0.4, 0.5) is 0 Å². The van der Waals surface area contributed by atoms with Gasteiger partial charge in [0.15, 0.2) is 0 Å². The average molecular weight is 306 g/mol. The molecule has 0 fully saturated rings. The van der Waals surface area contributed by atoms with E-state index < -0.39 is 0 Å². The molecule has 0 aliphatic heterocycles. The minimum Gasteiger partial charge on any atom is -0.341 e. The fourth-order valence-electron chi connectivity index (χ4n) is 2.48. The van der Waals surface area contributed by atoms with Gasteiger partial charge >= 0.3 is 0 Å². The van der Waals surface area contributed by atoms with E-state index in [0.717, 1.165) is 28.6 Å². The maximum absolute atomic E-state index is 12.7. The van der Waals surface area contributed by atoms with Crippen molar-refractivity contribution >= 4 is 16.8 Å². The molecule has 0 aliphatic rings. The third-order valence-electron chi connectivity index (χ3n) is 3.87. The second-order valence-corrected chi connectivity index (χ2v) is 5.52. The average Bonchev–Trinajstić information content (AvgIpc) is 2.59. The van der Waals surface area contributed by atoms with Crippen LogP contribution in [0, 0.1) is 6.92 Å². The van der Waals surface area contributed by atoms with Gasteiger partial charge in [-0.15, -0.1) is 0 Å². The quantitative estimate of drug-likeness (QED) is 0.743. The van der Waals surface area contributed by atoms with Gasteiger partial charge in [-0.25, -0.2) is 0 Å². The lowest BCUT2D eigenvalue weighted by Gasteiger charge is -2.18. The van der Waals surface area contributed by atoms with Crippen molar-refractivity contribution in [2.75, 3.05) is 13.6 Å². The normalized spacial score (nSPS) is 10.7. The molecular weight excluding hydrogens is 288 g/mol. The van der Waals surface area contributed by atoms with Crippen LogP contribution in [-0.4, -0.2) is 39.4 Å². The van der Waals surface area contributed by atoms with E-state index in [4.69, 9.17) is 0 Å². The third kappa shape index (κ3) is 3.34. The molecule has 0 spiro atoms. The van der Waals surface area contributed by atoms with Gasteiger partial charge in [-0.3, -0.25) is 19.7 Å².